The normalized spacial score (nSPS) is 18.8. The average molecular weight is 298 g/mol. The van der Waals surface area contributed by atoms with Gasteiger partial charge in [0.25, 0.3) is 0 Å². The lowest BCUT2D eigenvalue weighted by Crippen LogP contribution is -2.39. The largest absolute Gasteiger partial charge is 0.352 e. The summed E-state index contributed by atoms with van der Waals surface area (Å²) in [4.78, 5) is 16.6. The van der Waals surface area contributed by atoms with Crippen molar-refractivity contribution in [2.75, 3.05) is 0 Å². The lowest BCUT2D eigenvalue weighted by atomic mass is 10.1. The van der Waals surface area contributed by atoms with E-state index < -0.39 is 0 Å². The zero-order chi connectivity index (χ0) is 13.7. The summed E-state index contributed by atoms with van der Waals surface area (Å²) in [6, 6.07) is 0.385. The van der Waals surface area contributed by atoms with Gasteiger partial charge in [-0.25, -0.2) is 4.98 Å². The summed E-state index contributed by atoms with van der Waals surface area (Å²) in [5.74, 6) is 0.157. The Kier molecular flexibility index (Phi) is 5.70. The van der Waals surface area contributed by atoms with Gasteiger partial charge in [0.05, 0.1) is 5.25 Å². The van der Waals surface area contributed by atoms with Gasteiger partial charge in [0, 0.05) is 17.1 Å². The molecule has 1 saturated carbocycles. The van der Waals surface area contributed by atoms with Crippen molar-refractivity contribution in [1.82, 2.24) is 10.3 Å². The molecule has 0 bridgehead atoms. The second-order valence-electron chi connectivity index (χ2n) is 5.21. The van der Waals surface area contributed by atoms with Gasteiger partial charge >= 0.3 is 0 Å². The van der Waals surface area contributed by atoms with E-state index in [1.54, 1.807) is 23.1 Å². The van der Waals surface area contributed by atoms with Crippen LogP contribution in [-0.2, 0) is 4.79 Å². The number of aromatic nitrogens is 1. The summed E-state index contributed by atoms with van der Waals surface area (Å²) in [7, 11) is 0. The lowest BCUT2D eigenvalue weighted by Gasteiger charge is -2.18. The average Bonchev–Trinajstić information content (AvgIpc) is 2.64. The van der Waals surface area contributed by atoms with Crippen molar-refractivity contribution in [2.45, 2.75) is 68.0 Å². The van der Waals surface area contributed by atoms with Crippen LogP contribution in [0, 0.1) is 6.92 Å². The van der Waals surface area contributed by atoms with Crippen LogP contribution in [-0.4, -0.2) is 22.2 Å². The van der Waals surface area contributed by atoms with E-state index in [1.165, 1.54) is 25.7 Å². The number of hydrogen-bond donors (Lipinski definition) is 1. The molecule has 1 amide bonds. The number of carbonyl (C=O) groups excluding carboxylic acids is 1. The van der Waals surface area contributed by atoms with E-state index in [-0.39, 0.29) is 11.2 Å². The van der Waals surface area contributed by atoms with Crippen molar-refractivity contribution in [1.29, 1.82) is 0 Å². The monoisotopic (exact) mass is 298 g/mol. The molecule has 0 aliphatic heterocycles. The van der Waals surface area contributed by atoms with E-state index in [9.17, 15) is 4.79 Å². The fourth-order valence-corrected chi connectivity index (χ4v) is 4.33. The molecule has 1 unspecified atom stereocenters. The van der Waals surface area contributed by atoms with E-state index in [4.69, 9.17) is 0 Å². The van der Waals surface area contributed by atoms with Crippen LogP contribution < -0.4 is 5.32 Å². The first-order valence-corrected chi connectivity index (χ1v) is 8.80. The minimum Gasteiger partial charge on any atom is -0.352 e. The van der Waals surface area contributed by atoms with E-state index in [0.29, 0.717) is 6.04 Å². The fraction of sp³-hybridized carbons (Fsp3) is 0.714. The first kappa shape index (κ1) is 14.9. The molecule has 3 nitrogen and oxygen atoms in total. The molecule has 1 aliphatic carbocycles. The van der Waals surface area contributed by atoms with Crippen molar-refractivity contribution in [2.24, 2.45) is 0 Å². The first-order valence-electron chi connectivity index (χ1n) is 7.04. The highest BCUT2D eigenvalue weighted by Crippen LogP contribution is 2.27. The Morgan fingerprint density at radius 3 is 2.68 bits per heavy atom. The van der Waals surface area contributed by atoms with Gasteiger partial charge in [-0.3, -0.25) is 4.79 Å². The maximum absolute atomic E-state index is 12.2. The highest BCUT2D eigenvalue weighted by atomic mass is 32.2. The SMILES string of the molecule is Cc1csc(SC(C)C(=O)NC2CCCCCC2)n1. The number of amides is 1. The van der Waals surface area contributed by atoms with Gasteiger partial charge in [-0.2, -0.15) is 0 Å². The molecule has 1 fully saturated rings. The molecular formula is C14H22N2OS2. The van der Waals surface area contributed by atoms with Gasteiger partial charge in [0.1, 0.15) is 0 Å². The van der Waals surface area contributed by atoms with E-state index in [0.717, 1.165) is 22.9 Å². The Bertz CT molecular complexity index is 411. The van der Waals surface area contributed by atoms with Crippen molar-refractivity contribution in [3.8, 4) is 0 Å². The molecular weight excluding hydrogens is 276 g/mol. The van der Waals surface area contributed by atoms with Crippen molar-refractivity contribution in [3.05, 3.63) is 11.1 Å². The third-order valence-corrected chi connectivity index (χ3v) is 5.64. The molecule has 1 aromatic rings. The molecule has 1 aliphatic rings. The summed E-state index contributed by atoms with van der Waals surface area (Å²) >= 11 is 3.18. The van der Waals surface area contributed by atoms with Crippen LogP contribution in [0.5, 0.6) is 0 Å². The Balaban J connectivity index is 1.81. The van der Waals surface area contributed by atoms with Gasteiger partial charge in [0.2, 0.25) is 5.91 Å². The number of thioether (sulfide) groups is 1. The van der Waals surface area contributed by atoms with Crippen LogP contribution in [0.2, 0.25) is 0 Å². The number of thiazole rings is 1. The number of hydrogen-bond acceptors (Lipinski definition) is 4. The van der Waals surface area contributed by atoms with Crippen LogP contribution in [0.1, 0.15) is 51.1 Å². The van der Waals surface area contributed by atoms with Crippen LogP contribution >= 0.6 is 23.1 Å². The van der Waals surface area contributed by atoms with Gasteiger partial charge in [-0.05, 0) is 26.7 Å². The minimum absolute atomic E-state index is 0.0613. The third-order valence-electron chi connectivity index (χ3n) is 3.45. The lowest BCUT2D eigenvalue weighted by molar-refractivity contribution is -0.121. The van der Waals surface area contributed by atoms with Crippen LogP contribution in [0.4, 0.5) is 0 Å². The molecule has 1 aromatic heterocycles. The van der Waals surface area contributed by atoms with E-state index in [1.807, 2.05) is 19.2 Å². The maximum atomic E-state index is 12.2. The maximum Gasteiger partial charge on any atom is 0.233 e. The smallest absolute Gasteiger partial charge is 0.233 e. The predicted molar refractivity (Wildman–Crippen MR) is 81.8 cm³/mol. The van der Waals surface area contributed by atoms with Crippen molar-refractivity contribution >= 4 is 29.0 Å². The second kappa shape index (κ2) is 7.29. The molecule has 1 atom stereocenters. The number of aryl methyl sites for hydroxylation is 1. The zero-order valence-corrected chi connectivity index (χ0v) is 13.3. The summed E-state index contributed by atoms with van der Waals surface area (Å²) in [5, 5.41) is 5.17. The van der Waals surface area contributed by atoms with Crippen molar-refractivity contribution in [3.63, 3.8) is 0 Å². The highest BCUT2D eigenvalue weighted by molar-refractivity contribution is 8.02. The molecule has 2 rings (SSSR count). The first-order chi connectivity index (χ1) is 9.15. The summed E-state index contributed by atoms with van der Waals surface area (Å²) in [6.07, 6.45) is 7.40. The van der Waals surface area contributed by atoms with Gasteiger partial charge in [-0.15, -0.1) is 11.3 Å². The number of nitrogens with one attached hydrogen (secondary N) is 1. The second-order valence-corrected chi connectivity index (χ2v) is 7.66. The van der Waals surface area contributed by atoms with Crippen LogP contribution in [0.3, 0.4) is 0 Å². The summed E-state index contributed by atoms with van der Waals surface area (Å²) in [5.41, 5.74) is 1.03. The highest BCUT2D eigenvalue weighted by Gasteiger charge is 2.20. The minimum atomic E-state index is -0.0613. The molecule has 0 radical (unpaired) electrons. The van der Waals surface area contributed by atoms with Gasteiger partial charge in [-0.1, -0.05) is 37.4 Å². The summed E-state index contributed by atoms with van der Waals surface area (Å²) < 4.78 is 0.987. The van der Waals surface area contributed by atoms with E-state index in [2.05, 4.69) is 10.3 Å². The zero-order valence-electron chi connectivity index (χ0n) is 11.6. The van der Waals surface area contributed by atoms with E-state index >= 15 is 0 Å². The number of nitrogens with zero attached hydrogens (tertiary/aromatic N) is 1. The predicted octanol–water partition coefficient (Wildman–Crippen LogP) is 3.77. The Morgan fingerprint density at radius 1 is 1.42 bits per heavy atom. The molecule has 1 heterocycles. The Labute approximate surface area is 123 Å². The summed E-state index contributed by atoms with van der Waals surface area (Å²) in [6.45, 7) is 3.95. The quantitative estimate of drug-likeness (QED) is 0.679. The topological polar surface area (TPSA) is 42.0 Å². The van der Waals surface area contributed by atoms with Crippen LogP contribution in [0.15, 0.2) is 9.72 Å². The molecule has 5 heteroatoms. The Hall–Kier alpha value is -0.550. The molecule has 106 valence electrons. The van der Waals surface area contributed by atoms with Crippen LogP contribution in [0.25, 0.3) is 0 Å². The molecule has 1 N–H and O–H groups in total. The number of rotatable bonds is 4. The molecule has 0 spiro atoms. The fourth-order valence-electron chi connectivity index (χ4n) is 2.33. The molecule has 0 aromatic carbocycles. The van der Waals surface area contributed by atoms with Gasteiger partial charge in [0.15, 0.2) is 4.34 Å². The van der Waals surface area contributed by atoms with Crippen molar-refractivity contribution < 1.29 is 4.79 Å². The van der Waals surface area contributed by atoms with Gasteiger partial charge < -0.3 is 5.32 Å². The molecule has 19 heavy (non-hydrogen) atoms. The standard InChI is InChI=1S/C14H22N2OS2/c1-10-9-18-14(15-10)19-11(2)13(17)16-12-7-5-3-4-6-8-12/h9,11-12H,3-8H2,1-2H3,(H,16,17). The number of carbonyl (C=O) groups is 1. The Morgan fingerprint density at radius 2 is 2.11 bits per heavy atom. The molecule has 0 saturated heterocycles. The third kappa shape index (κ3) is 4.80.